The number of aromatic nitrogens is 2. The van der Waals surface area contributed by atoms with Crippen molar-refractivity contribution in [2.75, 3.05) is 18.0 Å². The van der Waals surface area contributed by atoms with E-state index in [0.717, 1.165) is 30.7 Å². The van der Waals surface area contributed by atoms with Gasteiger partial charge in [0.1, 0.15) is 23.0 Å². The van der Waals surface area contributed by atoms with Crippen molar-refractivity contribution in [3.63, 3.8) is 0 Å². The maximum absolute atomic E-state index is 15.0. The third-order valence-electron chi connectivity index (χ3n) is 9.67. The van der Waals surface area contributed by atoms with Crippen molar-refractivity contribution in [1.29, 1.82) is 0 Å². The third kappa shape index (κ3) is 4.18. The minimum Gasteiger partial charge on any atom is -0.350 e. The van der Waals surface area contributed by atoms with Gasteiger partial charge in [-0.25, -0.2) is 22.5 Å². The number of anilines is 1. The summed E-state index contributed by atoms with van der Waals surface area (Å²) in [6.45, 7) is 1.59. The first-order valence-corrected chi connectivity index (χ1v) is 14.0. The first-order valence-electron chi connectivity index (χ1n) is 14.0. The molecule has 1 aliphatic heterocycles. The first-order chi connectivity index (χ1) is 19.0. The van der Waals surface area contributed by atoms with E-state index in [1.165, 1.54) is 53.1 Å². The van der Waals surface area contributed by atoms with Crippen molar-refractivity contribution in [3.8, 4) is 5.69 Å². The van der Waals surface area contributed by atoms with Gasteiger partial charge in [0.05, 0.1) is 17.6 Å². The molecule has 3 aromatic rings. The number of nitrogens with zero attached hydrogens (tertiary/aromatic N) is 3. The van der Waals surface area contributed by atoms with Crippen molar-refractivity contribution < 1.29 is 22.4 Å². The second kappa shape index (κ2) is 8.78. The van der Waals surface area contributed by atoms with E-state index in [2.05, 4.69) is 10.3 Å². The predicted octanol–water partition coefficient (Wildman–Crippen LogP) is 5.45. The molecule has 3 saturated carbocycles. The molecule has 4 aliphatic rings. The molecule has 210 valence electrons. The Morgan fingerprint density at radius 3 is 2.65 bits per heavy atom. The lowest BCUT2D eigenvalue weighted by molar-refractivity contribution is 0.0256. The van der Waals surface area contributed by atoms with Crippen molar-refractivity contribution >= 4 is 22.8 Å². The van der Waals surface area contributed by atoms with Gasteiger partial charge in [-0.1, -0.05) is 0 Å². The van der Waals surface area contributed by atoms with Gasteiger partial charge in [-0.15, -0.1) is 0 Å². The van der Waals surface area contributed by atoms with Crippen LogP contribution in [0.2, 0.25) is 0 Å². The van der Waals surface area contributed by atoms with Crippen LogP contribution in [0.25, 0.3) is 16.7 Å². The summed E-state index contributed by atoms with van der Waals surface area (Å²) < 4.78 is 57.9. The van der Waals surface area contributed by atoms with E-state index in [0.29, 0.717) is 17.9 Å². The Morgan fingerprint density at radius 2 is 1.90 bits per heavy atom. The molecule has 5 atom stereocenters. The zero-order chi connectivity index (χ0) is 28.0. The van der Waals surface area contributed by atoms with Gasteiger partial charge in [0.15, 0.2) is 5.65 Å². The number of hydrogen-bond acceptors (Lipinski definition) is 4. The molecule has 1 aromatic carbocycles. The van der Waals surface area contributed by atoms with E-state index in [-0.39, 0.29) is 41.1 Å². The number of hydrogen-bond donors (Lipinski definition) is 1. The molecule has 3 heterocycles. The third-order valence-corrected chi connectivity index (χ3v) is 9.67. The number of carbonyl (C=O) groups excluding carboxylic acids is 1. The number of benzene rings is 1. The zero-order valence-corrected chi connectivity index (χ0v) is 22.1. The number of rotatable bonds is 4. The highest BCUT2D eigenvalue weighted by Crippen LogP contribution is 2.60. The zero-order valence-electron chi connectivity index (χ0n) is 22.1. The fourth-order valence-corrected chi connectivity index (χ4v) is 7.96. The average Bonchev–Trinajstić information content (AvgIpc) is 3.37. The number of amides is 1. The molecular formula is C30H30F4N4O2. The van der Waals surface area contributed by atoms with E-state index in [4.69, 9.17) is 0 Å². The van der Waals surface area contributed by atoms with Crippen LogP contribution in [0.3, 0.4) is 0 Å². The van der Waals surface area contributed by atoms with Gasteiger partial charge in [-0.2, -0.15) is 0 Å². The summed E-state index contributed by atoms with van der Waals surface area (Å²) in [4.78, 5) is 33.2. The van der Waals surface area contributed by atoms with E-state index >= 15 is 4.39 Å². The van der Waals surface area contributed by atoms with Gasteiger partial charge < -0.3 is 10.2 Å². The number of pyridine rings is 2. The molecular weight excluding hydrogens is 524 g/mol. The van der Waals surface area contributed by atoms with Crippen LogP contribution in [0.4, 0.5) is 23.4 Å². The summed E-state index contributed by atoms with van der Waals surface area (Å²) in [7, 11) is 0. The standard InChI is InChI=1S/C30H30F4N4O2/c1-29(12-16-8-17-10-18(13-29)21(17)9-16)36-28(40)22-14-38(24-4-2-19(31)11-23(24)32)27-20(26(22)39)3-5-25(35-27)37-7-6-30(33,34)15-37/h2-5,11,14,16-18,21H,6-10,12-13,15H2,1H3,(H,36,40). The SMILES string of the molecule is CC1(NC(=O)c2cn(-c3ccc(F)cc3F)c3nc(N4CCC(F)(F)C4)ccc3c2=O)CC2CC3CC(C1)C3C2. The molecule has 1 saturated heterocycles. The quantitative estimate of drug-likeness (QED) is 0.436. The lowest BCUT2D eigenvalue weighted by Crippen LogP contribution is -2.51. The Bertz CT molecular complexity index is 1600. The van der Waals surface area contributed by atoms with Crippen LogP contribution >= 0.6 is 0 Å². The first kappa shape index (κ1) is 25.5. The van der Waals surface area contributed by atoms with E-state index in [1.54, 1.807) is 0 Å². The lowest BCUT2D eigenvalue weighted by atomic mass is 9.62. The van der Waals surface area contributed by atoms with Crippen molar-refractivity contribution in [3.05, 3.63) is 63.9 Å². The molecule has 7 rings (SSSR count). The Balaban J connectivity index is 1.31. The van der Waals surface area contributed by atoms with E-state index < -0.39 is 41.0 Å². The second-order valence-corrected chi connectivity index (χ2v) is 12.6. The number of carbonyl (C=O) groups is 1. The molecule has 4 fully saturated rings. The molecule has 2 bridgehead atoms. The summed E-state index contributed by atoms with van der Waals surface area (Å²) in [6, 6.07) is 5.88. The Kier molecular flexibility index (Phi) is 5.61. The number of halogens is 4. The molecule has 40 heavy (non-hydrogen) atoms. The topological polar surface area (TPSA) is 67.2 Å². The molecule has 1 amide bonds. The van der Waals surface area contributed by atoms with Crippen molar-refractivity contribution in [2.24, 2.45) is 23.7 Å². The summed E-state index contributed by atoms with van der Waals surface area (Å²) in [5, 5.41) is 3.19. The number of alkyl halides is 2. The molecule has 1 N–H and O–H groups in total. The van der Waals surface area contributed by atoms with Gasteiger partial charge in [0.25, 0.3) is 11.8 Å². The Labute approximate surface area is 228 Å². The number of nitrogens with one attached hydrogen (secondary N) is 1. The minimum absolute atomic E-state index is 0.00160. The summed E-state index contributed by atoms with van der Waals surface area (Å²) in [5.41, 5.74) is -1.35. The van der Waals surface area contributed by atoms with Gasteiger partial charge in [-0.05, 0) is 87.0 Å². The van der Waals surface area contributed by atoms with Crippen molar-refractivity contribution in [1.82, 2.24) is 14.9 Å². The normalized spacial score (nSPS) is 30.3. The largest absolute Gasteiger partial charge is 0.350 e. The maximum Gasteiger partial charge on any atom is 0.266 e. The summed E-state index contributed by atoms with van der Waals surface area (Å²) in [5.74, 6) is -2.24. The van der Waals surface area contributed by atoms with Crippen LogP contribution < -0.4 is 15.6 Å². The molecule has 10 heteroatoms. The fourth-order valence-electron chi connectivity index (χ4n) is 7.96. The fraction of sp³-hybridized carbons (Fsp3) is 0.500. The molecule has 0 radical (unpaired) electrons. The summed E-state index contributed by atoms with van der Waals surface area (Å²) >= 11 is 0. The van der Waals surface area contributed by atoms with Gasteiger partial charge in [0.2, 0.25) is 5.43 Å². The second-order valence-electron chi connectivity index (χ2n) is 12.6. The van der Waals surface area contributed by atoms with Crippen LogP contribution in [-0.4, -0.2) is 40.0 Å². The molecule has 5 unspecified atom stereocenters. The maximum atomic E-state index is 15.0. The van der Waals surface area contributed by atoms with Crippen LogP contribution in [0.5, 0.6) is 0 Å². The number of fused-ring (bicyclic) bond motifs is 2. The van der Waals surface area contributed by atoms with E-state index in [1.807, 2.05) is 6.92 Å². The lowest BCUT2D eigenvalue weighted by Gasteiger charge is -2.46. The average molecular weight is 555 g/mol. The highest BCUT2D eigenvalue weighted by Gasteiger charge is 2.53. The molecule has 2 aromatic heterocycles. The van der Waals surface area contributed by atoms with Gasteiger partial charge >= 0.3 is 0 Å². The van der Waals surface area contributed by atoms with Crippen molar-refractivity contribution in [2.45, 2.75) is 56.9 Å². The van der Waals surface area contributed by atoms with Crippen LogP contribution in [0, 0.1) is 35.3 Å². The Morgan fingerprint density at radius 1 is 1.07 bits per heavy atom. The molecule has 6 nitrogen and oxygen atoms in total. The van der Waals surface area contributed by atoms with Crippen LogP contribution in [-0.2, 0) is 0 Å². The van der Waals surface area contributed by atoms with Crippen LogP contribution in [0.1, 0.15) is 55.8 Å². The van der Waals surface area contributed by atoms with Gasteiger partial charge in [0, 0.05) is 30.8 Å². The highest BCUT2D eigenvalue weighted by molar-refractivity contribution is 5.97. The van der Waals surface area contributed by atoms with Crippen LogP contribution in [0.15, 0.2) is 41.3 Å². The van der Waals surface area contributed by atoms with Gasteiger partial charge in [-0.3, -0.25) is 14.2 Å². The predicted molar refractivity (Wildman–Crippen MR) is 142 cm³/mol. The molecule has 3 aliphatic carbocycles. The smallest absolute Gasteiger partial charge is 0.266 e. The highest BCUT2D eigenvalue weighted by atomic mass is 19.3. The summed E-state index contributed by atoms with van der Waals surface area (Å²) in [6.07, 6.45) is 6.19. The molecule has 0 spiro atoms. The monoisotopic (exact) mass is 554 g/mol. The minimum atomic E-state index is -2.87. The Hall–Kier alpha value is -3.43. The van der Waals surface area contributed by atoms with E-state index in [9.17, 15) is 22.8 Å².